The minimum atomic E-state index is 0.642. The highest BCUT2D eigenvalue weighted by atomic mass is 15.1. The molecule has 0 saturated heterocycles. The van der Waals surface area contributed by atoms with Crippen molar-refractivity contribution in [1.29, 1.82) is 0 Å². The Kier molecular flexibility index (Phi) is 4.95. The molecule has 4 aliphatic rings. The van der Waals surface area contributed by atoms with Crippen molar-refractivity contribution in [1.82, 2.24) is 10.2 Å². The van der Waals surface area contributed by atoms with Crippen LogP contribution in [0.1, 0.15) is 65.2 Å². The number of nitrogens with zero attached hydrogens (tertiary/aromatic N) is 1. The molecule has 21 heavy (non-hydrogen) atoms. The number of hydrogen-bond acceptors (Lipinski definition) is 2. The molecule has 4 saturated carbocycles. The van der Waals surface area contributed by atoms with Crippen LogP contribution < -0.4 is 5.32 Å². The minimum Gasteiger partial charge on any atom is -0.315 e. The van der Waals surface area contributed by atoms with Crippen molar-refractivity contribution in [2.75, 3.05) is 26.7 Å². The summed E-state index contributed by atoms with van der Waals surface area (Å²) in [7, 11) is 2.22. The SMILES string of the molecule is CCCCN(CC)CC(NC)C12CC3CC(CC(C3)C1)C2. The first kappa shape index (κ1) is 15.8. The maximum atomic E-state index is 3.76. The Labute approximate surface area is 132 Å². The standard InChI is InChI=1S/C19H36N2/c1-4-6-7-21(5-2)14-18(20-3)19-11-15-8-16(12-19)10-17(9-15)13-19/h15-18,20H,4-14H2,1-3H3. The molecule has 4 bridgehead atoms. The zero-order valence-corrected chi connectivity index (χ0v) is 14.5. The van der Waals surface area contributed by atoms with Crippen LogP contribution in [-0.2, 0) is 0 Å². The lowest BCUT2D eigenvalue weighted by molar-refractivity contribution is -0.0773. The highest BCUT2D eigenvalue weighted by Gasteiger charge is 2.53. The van der Waals surface area contributed by atoms with Gasteiger partial charge in [0.15, 0.2) is 0 Å². The lowest BCUT2D eigenvalue weighted by Crippen LogP contribution is -2.58. The molecule has 4 aliphatic carbocycles. The summed E-state index contributed by atoms with van der Waals surface area (Å²) in [5.74, 6) is 3.20. The largest absolute Gasteiger partial charge is 0.315 e. The van der Waals surface area contributed by atoms with Gasteiger partial charge in [0.1, 0.15) is 0 Å². The molecule has 1 N–H and O–H groups in total. The molecule has 2 heteroatoms. The number of rotatable bonds is 8. The Hall–Kier alpha value is -0.0800. The highest BCUT2D eigenvalue weighted by Crippen LogP contribution is 2.61. The number of unbranched alkanes of at least 4 members (excludes halogenated alkanes) is 1. The molecule has 0 radical (unpaired) electrons. The van der Waals surface area contributed by atoms with Gasteiger partial charge in [0.25, 0.3) is 0 Å². The van der Waals surface area contributed by atoms with Gasteiger partial charge in [-0.25, -0.2) is 0 Å². The van der Waals surface area contributed by atoms with E-state index in [9.17, 15) is 0 Å². The average molecular weight is 293 g/mol. The Morgan fingerprint density at radius 3 is 2.05 bits per heavy atom. The molecule has 0 aliphatic heterocycles. The number of likely N-dealkylation sites (N-methyl/N-ethyl adjacent to an activating group) is 2. The van der Waals surface area contributed by atoms with E-state index >= 15 is 0 Å². The molecule has 0 aromatic rings. The van der Waals surface area contributed by atoms with Gasteiger partial charge in [-0.15, -0.1) is 0 Å². The Morgan fingerprint density at radius 2 is 1.62 bits per heavy atom. The van der Waals surface area contributed by atoms with Crippen LogP contribution in [-0.4, -0.2) is 37.6 Å². The Bertz CT molecular complexity index is 303. The summed E-state index contributed by atoms with van der Waals surface area (Å²) >= 11 is 0. The van der Waals surface area contributed by atoms with E-state index in [0.717, 1.165) is 23.8 Å². The van der Waals surface area contributed by atoms with E-state index < -0.39 is 0 Å². The summed E-state index contributed by atoms with van der Waals surface area (Å²) in [5.41, 5.74) is 0.642. The molecule has 4 rings (SSSR count). The molecule has 122 valence electrons. The van der Waals surface area contributed by atoms with Crippen molar-refractivity contribution >= 4 is 0 Å². The third-order valence-electron chi connectivity index (χ3n) is 6.89. The fraction of sp³-hybridized carbons (Fsp3) is 1.00. The molecule has 0 aromatic carbocycles. The van der Waals surface area contributed by atoms with Crippen LogP contribution in [0.15, 0.2) is 0 Å². The zero-order valence-electron chi connectivity index (χ0n) is 14.5. The third-order valence-corrected chi connectivity index (χ3v) is 6.89. The molecule has 1 unspecified atom stereocenters. The molecule has 0 spiro atoms. The number of nitrogens with one attached hydrogen (secondary N) is 1. The molecule has 2 nitrogen and oxygen atoms in total. The zero-order chi connectivity index (χ0) is 14.9. The third kappa shape index (κ3) is 3.17. The summed E-state index contributed by atoms with van der Waals surface area (Å²) < 4.78 is 0. The van der Waals surface area contributed by atoms with Crippen molar-refractivity contribution in [2.24, 2.45) is 23.2 Å². The van der Waals surface area contributed by atoms with E-state index in [2.05, 4.69) is 31.1 Å². The van der Waals surface area contributed by atoms with Crippen LogP contribution in [0.3, 0.4) is 0 Å². The summed E-state index contributed by atoms with van der Waals surface area (Å²) in [6.45, 7) is 8.42. The predicted molar refractivity (Wildman–Crippen MR) is 90.5 cm³/mol. The van der Waals surface area contributed by atoms with Crippen LogP contribution >= 0.6 is 0 Å². The van der Waals surface area contributed by atoms with E-state index in [4.69, 9.17) is 0 Å². The van der Waals surface area contributed by atoms with Gasteiger partial charge >= 0.3 is 0 Å². The molecule has 0 heterocycles. The molecule has 4 fully saturated rings. The molecular formula is C19H36N2. The lowest BCUT2D eigenvalue weighted by atomic mass is 9.47. The predicted octanol–water partition coefficient (Wildman–Crippen LogP) is 3.91. The monoisotopic (exact) mass is 292 g/mol. The average Bonchev–Trinajstić information content (AvgIpc) is 2.46. The van der Waals surface area contributed by atoms with Crippen LogP contribution in [0.2, 0.25) is 0 Å². The van der Waals surface area contributed by atoms with E-state index in [1.165, 1.54) is 51.7 Å². The summed E-state index contributed by atoms with van der Waals surface area (Å²) in [6.07, 6.45) is 11.9. The van der Waals surface area contributed by atoms with E-state index in [0.29, 0.717) is 5.41 Å². The quantitative estimate of drug-likeness (QED) is 0.729. The van der Waals surface area contributed by atoms with Crippen molar-refractivity contribution in [3.8, 4) is 0 Å². The van der Waals surface area contributed by atoms with Crippen LogP contribution in [0.25, 0.3) is 0 Å². The Balaban J connectivity index is 1.67. The second kappa shape index (κ2) is 6.58. The van der Waals surface area contributed by atoms with Gasteiger partial charge in [-0.2, -0.15) is 0 Å². The highest BCUT2D eigenvalue weighted by molar-refractivity contribution is 5.06. The molecular weight excluding hydrogens is 256 g/mol. The van der Waals surface area contributed by atoms with Crippen molar-refractivity contribution in [3.63, 3.8) is 0 Å². The summed E-state index contributed by atoms with van der Waals surface area (Å²) in [5, 5.41) is 3.76. The number of hydrogen-bond donors (Lipinski definition) is 1. The van der Waals surface area contributed by atoms with Gasteiger partial charge in [-0.1, -0.05) is 20.3 Å². The van der Waals surface area contributed by atoms with Gasteiger partial charge < -0.3 is 10.2 Å². The van der Waals surface area contributed by atoms with E-state index in [1.807, 2.05) is 0 Å². The first-order valence-electron chi connectivity index (χ1n) is 9.58. The van der Waals surface area contributed by atoms with Crippen molar-refractivity contribution in [2.45, 2.75) is 71.3 Å². The second-order valence-electron chi connectivity index (χ2n) is 8.37. The van der Waals surface area contributed by atoms with Crippen LogP contribution in [0.4, 0.5) is 0 Å². The normalized spacial score (nSPS) is 39.1. The molecule has 0 amide bonds. The fourth-order valence-corrected chi connectivity index (χ4v) is 6.21. The van der Waals surface area contributed by atoms with E-state index in [-0.39, 0.29) is 0 Å². The van der Waals surface area contributed by atoms with Gasteiger partial charge in [0.2, 0.25) is 0 Å². The lowest BCUT2D eigenvalue weighted by Gasteiger charge is -2.60. The maximum Gasteiger partial charge on any atom is 0.0248 e. The topological polar surface area (TPSA) is 15.3 Å². The van der Waals surface area contributed by atoms with Gasteiger partial charge in [0.05, 0.1) is 0 Å². The summed E-state index contributed by atoms with van der Waals surface area (Å²) in [6, 6.07) is 0.725. The second-order valence-corrected chi connectivity index (χ2v) is 8.37. The van der Waals surface area contributed by atoms with Crippen molar-refractivity contribution in [3.05, 3.63) is 0 Å². The smallest absolute Gasteiger partial charge is 0.0248 e. The Morgan fingerprint density at radius 1 is 1.05 bits per heavy atom. The first-order valence-corrected chi connectivity index (χ1v) is 9.58. The van der Waals surface area contributed by atoms with Gasteiger partial charge in [-0.3, -0.25) is 0 Å². The maximum absolute atomic E-state index is 3.76. The first-order chi connectivity index (χ1) is 10.2. The summed E-state index contributed by atoms with van der Waals surface area (Å²) in [4.78, 5) is 2.70. The molecule has 1 atom stereocenters. The fourth-order valence-electron chi connectivity index (χ4n) is 6.21. The van der Waals surface area contributed by atoms with Gasteiger partial charge in [0, 0.05) is 12.6 Å². The van der Waals surface area contributed by atoms with E-state index in [1.54, 1.807) is 19.3 Å². The molecule has 0 aromatic heterocycles. The van der Waals surface area contributed by atoms with Crippen molar-refractivity contribution < 1.29 is 0 Å². The minimum absolute atomic E-state index is 0.642. The van der Waals surface area contributed by atoms with Crippen LogP contribution in [0.5, 0.6) is 0 Å². The van der Waals surface area contributed by atoms with Crippen LogP contribution in [0, 0.1) is 23.2 Å². The van der Waals surface area contributed by atoms with Gasteiger partial charge in [-0.05, 0) is 88.3 Å².